The molecule has 1 fully saturated rings. The molecule has 1 unspecified atom stereocenters. The molecule has 0 aromatic carbocycles. The Bertz CT molecular complexity index is 241. The Balaban J connectivity index is 2.60. The molecule has 80 valence electrons. The maximum atomic E-state index is 11.9. The van der Waals surface area contributed by atoms with E-state index in [1.54, 1.807) is 0 Å². The Morgan fingerprint density at radius 2 is 2.14 bits per heavy atom. The van der Waals surface area contributed by atoms with E-state index in [0.29, 0.717) is 11.7 Å². The average molecular weight is 195 g/mol. The summed E-state index contributed by atoms with van der Waals surface area (Å²) < 4.78 is 0. The number of rotatable bonds is 3. The predicted octanol–water partition coefficient (Wildman–Crippen LogP) is 2.11. The zero-order valence-electron chi connectivity index (χ0n) is 9.71. The lowest BCUT2D eigenvalue weighted by Crippen LogP contribution is -2.24. The van der Waals surface area contributed by atoms with Crippen molar-refractivity contribution in [3.05, 3.63) is 11.6 Å². The monoisotopic (exact) mass is 195 g/mol. The minimum absolute atomic E-state index is 0.245. The van der Waals surface area contributed by atoms with Crippen molar-refractivity contribution in [3.63, 3.8) is 0 Å². The van der Waals surface area contributed by atoms with Crippen molar-refractivity contribution in [2.24, 2.45) is 11.8 Å². The molecular formula is C12H21NO. The molecule has 1 saturated carbocycles. The van der Waals surface area contributed by atoms with Gasteiger partial charge in [0.1, 0.15) is 0 Å². The molecule has 0 amide bonds. The van der Waals surface area contributed by atoms with E-state index in [4.69, 9.17) is 0 Å². The topological polar surface area (TPSA) is 20.3 Å². The van der Waals surface area contributed by atoms with Crippen LogP contribution in [0.15, 0.2) is 11.6 Å². The minimum Gasteiger partial charge on any atom is -0.309 e. The van der Waals surface area contributed by atoms with Crippen LogP contribution in [-0.4, -0.2) is 31.3 Å². The number of Topliss-reactive ketones (excluding diaryl/α,β-unsaturated/α-hetero) is 1. The van der Waals surface area contributed by atoms with Crippen LogP contribution in [0.5, 0.6) is 0 Å². The first-order valence-electron chi connectivity index (χ1n) is 5.40. The van der Waals surface area contributed by atoms with Crippen LogP contribution in [0.1, 0.15) is 26.7 Å². The third kappa shape index (κ3) is 2.95. The average Bonchev–Trinajstić information content (AvgIpc) is 2.34. The van der Waals surface area contributed by atoms with Gasteiger partial charge in [-0.1, -0.05) is 19.9 Å². The minimum atomic E-state index is 0.245. The van der Waals surface area contributed by atoms with E-state index in [0.717, 1.165) is 25.0 Å². The first-order chi connectivity index (χ1) is 6.50. The fraction of sp³-hybridized carbons (Fsp3) is 0.750. The number of hydrogen-bond donors (Lipinski definition) is 0. The molecule has 0 heterocycles. The summed E-state index contributed by atoms with van der Waals surface area (Å²) in [7, 11) is 4.05. The van der Waals surface area contributed by atoms with Crippen molar-refractivity contribution < 1.29 is 4.79 Å². The summed E-state index contributed by atoms with van der Waals surface area (Å²) >= 11 is 0. The Kier molecular flexibility index (Phi) is 3.87. The standard InChI is InChI=1S/C12H21NO/c1-9(2)7-10-5-6-11(12(10)14)8-13(3)4/h7,9,11H,5-6,8H2,1-4H3. The molecule has 0 spiro atoms. The van der Waals surface area contributed by atoms with Crippen molar-refractivity contribution in [1.29, 1.82) is 0 Å². The Hall–Kier alpha value is -0.630. The van der Waals surface area contributed by atoms with Crippen molar-refractivity contribution in [2.45, 2.75) is 26.7 Å². The van der Waals surface area contributed by atoms with Gasteiger partial charge in [-0.2, -0.15) is 0 Å². The number of carbonyl (C=O) groups is 1. The predicted molar refractivity (Wildman–Crippen MR) is 59.2 cm³/mol. The quantitative estimate of drug-likeness (QED) is 0.643. The maximum absolute atomic E-state index is 11.9. The zero-order chi connectivity index (χ0) is 10.7. The van der Waals surface area contributed by atoms with Crippen molar-refractivity contribution in [3.8, 4) is 0 Å². The van der Waals surface area contributed by atoms with E-state index in [-0.39, 0.29) is 5.92 Å². The summed E-state index contributed by atoms with van der Waals surface area (Å²) in [6.07, 6.45) is 4.14. The molecule has 0 N–H and O–H groups in total. The van der Waals surface area contributed by atoms with E-state index in [1.165, 1.54) is 0 Å². The number of ketones is 1. The van der Waals surface area contributed by atoms with E-state index >= 15 is 0 Å². The van der Waals surface area contributed by atoms with Gasteiger partial charge in [-0.3, -0.25) is 4.79 Å². The van der Waals surface area contributed by atoms with Crippen LogP contribution in [0.25, 0.3) is 0 Å². The number of hydrogen-bond acceptors (Lipinski definition) is 2. The molecule has 1 aliphatic rings. The number of carbonyl (C=O) groups excluding carboxylic acids is 1. The van der Waals surface area contributed by atoms with Crippen LogP contribution in [0.4, 0.5) is 0 Å². The molecule has 2 heteroatoms. The van der Waals surface area contributed by atoms with E-state index in [2.05, 4.69) is 24.8 Å². The molecule has 0 saturated heterocycles. The van der Waals surface area contributed by atoms with Crippen LogP contribution < -0.4 is 0 Å². The van der Waals surface area contributed by atoms with Crippen molar-refractivity contribution in [2.75, 3.05) is 20.6 Å². The van der Waals surface area contributed by atoms with Gasteiger partial charge in [-0.25, -0.2) is 0 Å². The first kappa shape index (κ1) is 11.4. The van der Waals surface area contributed by atoms with E-state index < -0.39 is 0 Å². The molecule has 1 rings (SSSR count). The second-order valence-corrected chi connectivity index (χ2v) is 4.80. The highest BCUT2D eigenvalue weighted by molar-refractivity contribution is 5.99. The van der Waals surface area contributed by atoms with Gasteiger partial charge in [-0.15, -0.1) is 0 Å². The first-order valence-corrected chi connectivity index (χ1v) is 5.40. The van der Waals surface area contributed by atoms with Gasteiger partial charge in [0, 0.05) is 12.5 Å². The largest absolute Gasteiger partial charge is 0.309 e. The van der Waals surface area contributed by atoms with E-state index in [1.807, 2.05) is 14.1 Å². The van der Waals surface area contributed by atoms with Crippen LogP contribution in [0, 0.1) is 11.8 Å². The van der Waals surface area contributed by atoms with E-state index in [9.17, 15) is 4.79 Å². The highest BCUT2D eigenvalue weighted by Gasteiger charge is 2.29. The second kappa shape index (κ2) is 4.74. The van der Waals surface area contributed by atoms with Gasteiger partial charge in [0.15, 0.2) is 5.78 Å². The Morgan fingerprint density at radius 1 is 1.50 bits per heavy atom. The molecule has 0 bridgehead atoms. The molecular weight excluding hydrogens is 174 g/mol. The number of allylic oxidation sites excluding steroid dienone is 2. The fourth-order valence-electron chi connectivity index (χ4n) is 2.03. The molecule has 0 radical (unpaired) electrons. The van der Waals surface area contributed by atoms with Gasteiger partial charge < -0.3 is 4.90 Å². The third-order valence-electron chi connectivity index (χ3n) is 2.57. The van der Waals surface area contributed by atoms with Gasteiger partial charge in [0.2, 0.25) is 0 Å². The van der Waals surface area contributed by atoms with Crippen LogP contribution in [0.3, 0.4) is 0 Å². The lowest BCUT2D eigenvalue weighted by molar-refractivity contribution is -0.118. The summed E-state index contributed by atoms with van der Waals surface area (Å²) in [4.78, 5) is 14.0. The van der Waals surface area contributed by atoms with Crippen LogP contribution >= 0.6 is 0 Å². The lowest BCUT2D eigenvalue weighted by atomic mass is 10.0. The Morgan fingerprint density at radius 3 is 2.64 bits per heavy atom. The molecule has 1 aliphatic carbocycles. The molecule has 2 nitrogen and oxygen atoms in total. The second-order valence-electron chi connectivity index (χ2n) is 4.80. The maximum Gasteiger partial charge on any atom is 0.162 e. The number of nitrogens with zero attached hydrogens (tertiary/aromatic N) is 1. The van der Waals surface area contributed by atoms with Crippen LogP contribution in [-0.2, 0) is 4.79 Å². The van der Waals surface area contributed by atoms with Crippen molar-refractivity contribution in [1.82, 2.24) is 4.90 Å². The normalized spacial score (nSPS) is 25.7. The van der Waals surface area contributed by atoms with Gasteiger partial charge in [0.25, 0.3) is 0 Å². The molecule has 1 atom stereocenters. The van der Waals surface area contributed by atoms with Gasteiger partial charge >= 0.3 is 0 Å². The molecule has 0 aromatic rings. The molecule has 0 aliphatic heterocycles. The molecule has 0 aromatic heterocycles. The summed E-state index contributed by atoms with van der Waals surface area (Å²) in [6.45, 7) is 5.15. The third-order valence-corrected chi connectivity index (χ3v) is 2.57. The fourth-order valence-corrected chi connectivity index (χ4v) is 2.03. The lowest BCUT2D eigenvalue weighted by Gasteiger charge is -2.13. The van der Waals surface area contributed by atoms with Gasteiger partial charge in [0.05, 0.1) is 0 Å². The Labute approximate surface area is 87.0 Å². The highest BCUT2D eigenvalue weighted by atomic mass is 16.1. The smallest absolute Gasteiger partial charge is 0.162 e. The summed E-state index contributed by atoms with van der Waals surface area (Å²) in [5.41, 5.74) is 1.06. The van der Waals surface area contributed by atoms with Crippen molar-refractivity contribution >= 4 is 5.78 Å². The van der Waals surface area contributed by atoms with Crippen LogP contribution in [0.2, 0.25) is 0 Å². The summed E-state index contributed by atoms with van der Waals surface area (Å²) in [6, 6.07) is 0. The van der Waals surface area contributed by atoms with Gasteiger partial charge in [-0.05, 0) is 38.4 Å². The summed E-state index contributed by atoms with van der Waals surface area (Å²) in [5, 5.41) is 0. The SMILES string of the molecule is CC(C)C=C1CCC(CN(C)C)C1=O. The summed E-state index contributed by atoms with van der Waals surface area (Å²) in [5.74, 6) is 1.12. The zero-order valence-corrected chi connectivity index (χ0v) is 9.71. The highest BCUT2D eigenvalue weighted by Crippen LogP contribution is 2.27. The molecule has 14 heavy (non-hydrogen) atoms.